The molecule has 2 rings (SSSR count). The standard InChI is InChI=1S/C22H25O6S/c1-5-25-22(24)21(27-16(2)23)14-18-13-19(28-29(3)4)11-12-20(18)26-15-17-9-7-6-8-10-17/h6-14H,5,15H2,1-4H3/q+1/b21-14-. The summed E-state index contributed by atoms with van der Waals surface area (Å²) in [5, 5.41) is 0. The van der Waals surface area contributed by atoms with E-state index >= 15 is 0 Å². The third-order valence-electron chi connectivity index (χ3n) is 3.50. The van der Waals surface area contributed by atoms with Crippen molar-refractivity contribution in [1.82, 2.24) is 0 Å². The van der Waals surface area contributed by atoms with Gasteiger partial charge in [-0.05, 0) is 36.8 Å². The van der Waals surface area contributed by atoms with E-state index in [0.29, 0.717) is 23.7 Å². The highest BCUT2D eigenvalue weighted by Crippen LogP contribution is 2.28. The Morgan fingerprint density at radius 1 is 1.07 bits per heavy atom. The summed E-state index contributed by atoms with van der Waals surface area (Å²) in [7, 11) is 0. The van der Waals surface area contributed by atoms with Crippen LogP contribution in [0.5, 0.6) is 11.5 Å². The predicted molar refractivity (Wildman–Crippen MR) is 113 cm³/mol. The summed E-state index contributed by atoms with van der Waals surface area (Å²) in [5.41, 5.74) is 1.53. The maximum absolute atomic E-state index is 12.2. The average Bonchev–Trinajstić information content (AvgIpc) is 2.67. The first kappa shape index (κ1) is 22.4. The lowest BCUT2D eigenvalue weighted by atomic mass is 10.1. The van der Waals surface area contributed by atoms with Gasteiger partial charge < -0.3 is 14.2 Å². The molecule has 2 aromatic rings. The van der Waals surface area contributed by atoms with Gasteiger partial charge in [0.2, 0.25) is 5.76 Å². The number of carbonyl (C=O) groups excluding carboxylic acids is 2. The van der Waals surface area contributed by atoms with E-state index < -0.39 is 11.9 Å². The van der Waals surface area contributed by atoms with Gasteiger partial charge in [-0.25, -0.2) is 4.79 Å². The molecule has 0 bridgehead atoms. The molecule has 0 aliphatic carbocycles. The van der Waals surface area contributed by atoms with E-state index in [0.717, 1.165) is 5.56 Å². The third kappa shape index (κ3) is 7.54. The lowest BCUT2D eigenvalue weighted by Crippen LogP contribution is -2.13. The molecule has 2 aromatic carbocycles. The van der Waals surface area contributed by atoms with Crippen LogP contribution in [0.15, 0.2) is 54.3 Å². The number of rotatable bonds is 9. The molecule has 0 amide bonds. The van der Waals surface area contributed by atoms with E-state index in [2.05, 4.69) is 0 Å². The highest BCUT2D eigenvalue weighted by Gasteiger charge is 2.18. The number of esters is 2. The van der Waals surface area contributed by atoms with Crippen molar-refractivity contribution in [3.8, 4) is 11.5 Å². The minimum atomic E-state index is -0.728. The summed E-state index contributed by atoms with van der Waals surface area (Å²) >= 11 is -0.287. The summed E-state index contributed by atoms with van der Waals surface area (Å²) in [5.74, 6) is -0.432. The number of hydrogen-bond donors (Lipinski definition) is 0. The van der Waals surface area contributed by atoms with E-state index in [1.54, 1.807) is 25.1 Å². The molecule has 0 radical (unpaired) electrons. The summed E-state index contributed by atoms with van der Waals surface area (Å²) in [6, 6.07) is 15.0. The molecule has 0 atom stereocenters. The molecule has 0 spiro atoms. The molecule has 6 nitrogen and oxygen atoms in total. The van der Waals surface area contributed by atoms with E-state index in [1.165, 1.54) is 13.0 Å². The molecular formula is C22H25O6S+. The first-order chi connectivity index (χ1) is 13.9. The smallest absolute Gasteiger partial charge is 0.374 e. The van der Waals surface area contributed by atoms with Crippen molar-refractivity contribution in [2.75, 3.05) is 19.1 Å². The van der Waals surface area contributed by atoms with Gasteiger partial charge in [0, 0.05) is 12.5 Å². The van der Waals surface area contributed by atoms with Gasteiger partial charge in [-0.2, -0.15) is 0 Å². The summed E-state index contributed by atoms with van der Waals surface area (Å²) in [4.78, 5) is 23.6. The minimum Gasteiger partial charge on any atom is -0.488 e. The van der Waals surface area contributed by atoms with Crippen molar-refractivity contribution in [3.63, 3.8) is 0 Å². The zero-order valence-electron chi connectivity index (χ0n) is 17.0. The van der Waals surface area contributed by atoms with Crippen LogP contribution in [0.4, 0.5) is 0 Å². The molecule has 0 unspecified atom stereocenters. The maximum atomic E-state index is 12.2. The zero-order chi connectivity index (χ0) is 21.2. The Balaban J connectivity index is 2.39. The average molecular weight is 418 g/mol. The van der Waals surface area contributed by atoms with Gasteiger partial charge in [0.05, 0.1) is 6.61 Å². The minimum absolute atomic E-state index is 0.159. The highest BCUT2D eigenvalue weighted by molar-refractivity contribution is 7.91. The van der Waals surface area contributed by atoms with Gasteiger partial charge >= 0.3 is 11.9 Å². The quantitative estimate of drug-likeness (QED) is 0.267. The maximum Gasteiger partial charge on any atom is 0.374 e. The second kappa shape index (κ2) is 11.2. The molecule has 0 aliphatic rings. The number of benzene rings is 2. The zero-order valence-corrected chi connectivity index (χ0v) is 17.8. The van der Waals surface area contributed by atoms with Gasteiger partial charge in [0.25, 0.3) is 0 Å². The van der Waals surface area contributed by atoms with Crippen molar-refractivity contribution in [2.45, 2.75) is 20.5 Å². The molecule has 0 heterocycles. The molecule has 154 valence electrons. The topological polar surface area (TPSA) is 71.1 Å². The van der Waals surface area contributed by atoms with Crippen LogP contribution in [0.1, 0.15) is 25.0 Å². The Bertz CT molecular complexity index is 861. The Hall–Kier alpha value is -2.93. The molecule has 7 heteroatoms. The van der Waals surface area contributed by atoms with Crippen molar-refractivity contribution in [1.29, 1.82) is 0 Å². The third-order valence-corrected chi connectivity index (χ3v) is 4.02. The van der Waals surface area contributed by atoms with Gasteiger partial charge in [-0.1, -0.05) is 30.3 Å². The van der Waals surface area contributed by atoms with Crippen LogP contribution in [0.3, 0.4) is 0 Å². The summed E-state index contributed by atoms with van der Waals surface area (Å²) < 4.78 is 21.7. The predicted octanol–water partition coefficient (Wildman–Crippen LogP) is 3.90. The van der Waals surface area contributed by atoms with Crippen LogP contribution in [-0.2, 0) is 36.8 Å². The Kier molecular flexibility index (Phi) is 8.61. The summed E-state index contributed by atoms with van der Waals surface area (Å²) in [6.07, 6.45) is 5.31. The monoisotopic (exact) mass is 417 g/mol. The van der Waals surface area contributed by atoms with Gasteiger partial charge in [-0.3, -0.25) is 8.98 Å². The Labute approximate surface area is 174 Å². The van der Waals surface area contributed by atoms with Gasteiger partial charge in [0.15, 0.2) is 16.9 Å². The fourth-order valence-electron chi connectivity index (χ4n) is 2.38. The number of ether oxygens (including phenoxy) is 3. The lowest BCUT2D eigenvalue weighted by Gasteiger charge is -2.12. The van der Waals surface area contributed by atoms with Gasteiger partial charge in [0.1, 0.15) is 24.9 Å². The van der Waals surface area contributed by atoms with E-state index in [9.17, 15) is 9.59 Å². The SMILES string of the molecule is CCOC(=O)/C(=C/c1cc(O[S+](C)C)ccc1OCc1ccccc1)OC(C)=O. The van der Waals surface area contributed by atoms with E-state index in [1.807, 2.05) is 42.8 Å². The lowest BCUT2D eigenvalue weighted by molar-refractivity contribution is -0.149. The van der Waals surface area contributed by atoms with Crippen molar-refractivity contribution < 1.29 is 28.0 Å². The Morgan fingerprint density at radius 3 is 2.41 bits per heavy atom. The molecule has 0 N–H and O–H groups in total. The van der Waals surface area contributed by atoms with Crippen LogP contribution < -0.4 is 8.92 Å². The first-order valence-electron chi connectivity index (χ1n) is 9.03. The molecule has 0 saturated carbocycles. The molecule has 0 aromatic heterocycles. The normalized spacial score (nSPS) is 11.1. The second-order valence-corrected chi connectivity index (χ2v) is 7.77. The van der Waals surface area contributed by atoms with Crippen LogP contribution >= 0.6 is 0 Å². The van der Waals surface area contributed by atoms with E-state index in [4.69, 9.17) is 18.4 Å². The van der Waals surface area contributed by atoms with Crippen LogP contribution in [0.2, 0.25) is 0 Å². The second-order valence-electron chi connectivity index (χ2n) is 6.12. The van der Waals surface area contributed by atoms with Crippen molar-refractivity contribution in [3.05, 3.63) is 65.4 Å². The number of hydrogen-bond acceptors (Lipinski definition) is 6. The van der Waals surface area contributed by atoms with Crippen molar-refractivity contribution >= 4 is 29.2 Å². The highest BCUT2D eigenvalue weighted by atomic mass is 32.2. The molecular weight excluding hydrogens is 392 g/mol. The van der Waals surface area contributed by atoms with Gasteiger partial charge in [-0.15, -0.1) is 0 Å². The molecule has 0 aliphatic heterocycles. The molecule has 29 heavy (non-hydrogen) atoms. The Morgan fingerprint density at radius 2 is 1.79 bits per heavy atom. The summed E-state index contributed by atoms with van der Waals surface area (Å²) in [6.45, 7) is 3.40. The van der Waals surface area contributed by atoms with Crippen LogP contribution in [0.25, 0.3) is 6.08 Å². The fraction of sp³-hybridized carbons (Fsp3) is 0.273. The largest absolute Gasteiger partial charge is 0.488 e. The molecule has 0 saturated heterocycles. The molecule has 0 fully saturated rings. The van der Waals surface area contributed by atoms with E-state index in [-0.39, 0.29) is 23.5 Å². The number of carbonyl (C=O) groups is 2. The van der Waals surface area contributed by atoms with Crippen LogP contribution in [0, 0.1) is 0 Å². The van der Waals surface area contributed by atoms with Crippen molar-refractivity contribution in [2.24, 2.45) is 0 Å². The fourth-order valence-corrected chi connectivity index (χ4v) is 2.87. The van der Waals surface area contributed by atoms with Crippen LogP contribution in [-0.4, -0.2) is 31.1 Å². The first-order valence-corrected chi connectivity index (χ1v) is 11.0.